The van der Waals surface area contributed by atoms with Gasteiger partial charge in [0.25, 0.3) is 5.91 Å². The Morgan fingerprint density at radius 3 is 2.41 bits per heavy atom. The number of amides is 3. The molecular weight excluding hydrogens is 384 g/mol. The highest BCUT2D eigenvalue weighted by atomic mass is 32.1. The van der Waals surface area contributed by atoms with E-state index in [1.807, 2.05) is 57.2 Å². The van der Waals surface area contributed by atoms with Crippen molar-refractivity contribution in [1.82, 2.24) is 20.5 Å². The van der Waals surface area contributed by atoms with Crippen LogP contribution >= 0.6 is 11.3 Å². The van der Waals surface area contributed by atoms with Crippen LogP contribution in [-0.2, 0) is 6.54 Å². The number of para-hydroxylation sites is 1. The minimum Gasteiger partial charge on any atom is -0.336 e. The van der Waals surface area contributed by atoms with Crippen LogP contribution in [0.4, 0.5) is 4.79 Å². The van der Waals surface area contributed by atoms with Gasteiger partial charge in [0.1, 0.15) is 5.01 Å². The van der Waals surface area contributed by atoms with Gasteiger partial charge in [-0.3, -0.25) is 4.79 Å². The Balaban J connectivity index is 1.63. The summed E-state index contributed by atoms with van der Waals surface area (Å²) in [6.45, 7) is 6.21. The van der Waals surface area contributed by atoms with Gasteiger partial charge in [0.2, 0.25) is 0 Å². The van der Waals surface area contributed by atoms with Crippen molar-refractivity contribution >= 4 is 33.5 Å². The van der Waals surface area contributed by atoms with Gasteiger partial charge in [-0.1, -0.05) is 24.3 Å². The highest BCUT2D eigenvalue weighted by molar-refractivity contribution is 7.18. The second-order valence-electron chi connectivity index (χ2n) is 7.29. The molecule has 0 aliphatic rings. The van der Waals surface area contributed by atoms with Gasteiger partial charge in [-0.15, -0.1) is 11.3 Å². The van der Waals surface area contributed by atoms with Gasteiger partial charge in [-0.25, -0.2) is 9.78 Å². The molecule has 3 aromatic rings. The maximum Gasteiger partial charge on any atom is 0.315 e. The molecule has 0 aliphatic heterocycles. The maximum atomic E-state index is 12.9. The van der Waals surface area contributed by atoms with Crippen LogP contribution in [-0.4, -0.2) is 34.9 Å². The average molecular weight is 411 g/mol. The van der Waals surface area contributed by atoms with Crippen LogP contribution in [0.2, 0.25) is 0 Å². The topological polar surface area (TPSA) is 74.3 Å². The number of nitrogens with zero attached hydrogens (tertiary/aromatic N) is 2. The molecule has 0 fully saturated rings. The average Bonchev–Trinajstić information content (AvgIpc) is 3.15. The van der Waals surface area contributed by atoms with E-state index < -0.39 is 0 Å². The van der Waals surface area contributed by atoms with Gasteiger partial charge in [-0.05, 0) is 50.6 Å². The summed E-state index contributed by atoms with van der Waals surface area (Å²) in [5, 5.41) is 6.50. The molecule has 3 amide bonds. The molecule has 2 N–H and O–H groups in total. The zero-order valence-electron chi connectivity index (χ0n) is 17.1. The number of rotatable bonds is 6. The number of nitrogens with one attached hydrogen (secondary N) is 2. The van der Waals surface area contributed by atoms with Crippen molar-refractivity contribution in [2.75, 3.05) is 7.05 Å². The Morgan fingerprint density at radius 2 is 1.76 bits per heavy atom. The van der Waals surface area contributed by atoms with E-state index in [1.165, 1.54) is 0 Å². The normalized spacial score (nSPS) is 12.0. The van der Waals surface area contributed by atoms with Gasteiger partial charge in [0, 0.05) is 25.2 Å². The van der Waals surface area contributed by atoms with E-state index in [1.54, 1.807) is 35.4 Å². The van der Waals surface area contributed by atoms with E-state index in [4.69, 9.17) is 0 Å². The van der Waals surface area contributed by atoms with Crippen molar-refractivity contribution in [3.8, 4) is 0 Å². The molecule has 2 aromatic carbocycles. The summed E-state index contributed by atoms with van der Waals surface area (Å²) in [5.74, 6) is -0.0613. The molecule has 0 saturated carbocycles. The Kier molecular flexibility index (Phi) is 6.49. The predicted molar refractivity (Wildman–Crippen MR) is 117 cm³/mol. The number of urea groups is 1. The quantitative estimate of drug-likeness (QED) is 0.635. The van der Waals surface area contributed by atoms with Crippen molar-refractivity contribution in [2.24, 2.45) is 0 Å². The molecule has 1 heterocycles. The van der Waals surface area contributed by atoms with Crippen molar-refractivity contribution in [3.05, 3.63) is 64.7 Å². The van der Waals surface area contributed by atoms with E-state index in [-0.39, 0.29) is 24.0 Å². The number of benzene rings is 2. The smallest absolute Gasteiger partial charge is 0.315 e. The van der Waals surface area contributed by atoms with E-state index >= 15 is 0 Å². The molecule has 0 saturated heterocycles. The first-order valence-electron chi connectivity index (χ1n) is 9.61. The molecule has 0 unspecified atom stereocenters. The van der Waals surface area contributed by atoms with Crippen LogP contribution in [0.15, 0.2) is 48.5 Å². The lowest BCUT2D eigenvalue weighted by atomic mass is 10.1. The standard InChI is InChI=1S/C22H26N4O2S/c1-14(2)24-22(28)23-13-16-9-11-17(12-10-16)21(27)26(4)15(3)20-25-18-7-5-6-8-19(18)29-20/h5-12,14-15H,13H2,1-4H3,(H2,23,24,28)/t15-/m1/s1. The summed E-state index contributed by atoms with van der Waals surface area (Å²) < 4.78 is 1.12. The highest BCUT2D eigenvalue weighted by Crippen LogP contribution is 2.29. The number of fused-ring (bicyclic) bond motifs is 1. The zero-order chi connectivity index (χ0) is 21.0. The fourth-order valence-electron chi connectivity index (χ4n) is 2.87. The Hall–Kier alpha value is -2.93. The fraction of sp³-hybridized carbons (Fsp3) is 0.318. The van der Waals surface area contributed by atoms with Crippen LogP contribution in [0.25, 0.3) is 10.2 Å². The van der Waals surface area contributed by atoms with Crippen LogP contribution in [0, 0.1) is 0 Å². The Morgan fingerprint density at radius 1 is 1.07 bits per heavy atom. The van der Waals surface area contributed by atoms with Crippen molar-refractivity contribution in [1.29, 1.82) is 0 Å². The van der Waals surface area contributed by atoms with Gasteiger partial charge in [-0.2, -0.15) is 0 Å². The number of carbonyl (C=O) groups excluding carboxylic acids is 2. The Bertz CT molecular complexity index is 964. The van der Waals surface area contributed by atoms with Crippen LogP contribution in [0.3, 0.4) is 0 Å². The fourth-order valence-corrected chi connectivity index (χ4v) is 3.94. The summed E-state index contributed by atoms with van der Waals surface area (Å²) in [6.07, 6.45) is 0. The number of carbonyl (C=O) groups is 2. The lowest BCUT2D eigenvalue weighted by Gasteiger charge is -2.23. The monoisotopic (exact) mass is 410 g/mol. The molecule has 6 nitrogen and oxygen atoms in total. The molecule has 0 bridgehead atoms. The van der Waals surface area contributed by atoms with E-state index in [2.05, 4.69) is 15.6 Å². The van der Waals surface area contributed by atoms with E-state index in [0.29, 0.717) is 12.1 Å². The van der Waals surface area contributed by atoms with Gasteiger partial charge < -0.3 is 15.5 Å². The molecule has 7 heteroatoms. The molecule has 152 valence electrons. The summed E-state index contributed by atoms with van der Waals surface area (Å²) in [6, 6.07) is 15.0. The zero-order valence-corrected chi connectivity index (χ0v) is 17.9. The first-order chi connectivity index (χ1) is 13.8. The number of hydrogen-bond donors (Lipinski definition) is 2. The minimum absolute atomic E-state index is 0.0613. The molecule has 1 atom stereocenters. The van der Waals surface area contributed by atoms with Gasteiger partial charge in [0.15, 0.2) is 0 Å². The lowest BCUT2D eigenvalue weighted by Crippen LogP contribution is -2.39. The second-order valence-corrected chi connectivity index (χ2v) is 8.35. The van der Waals surface area contributed by atoms with Crippen molar-refractivity contribution in [2.45, 2.75) is 39.4 Å². The second kappa shape index (κ2) is 9.05. The third-order valence-corrected chi connectivity index (χ3v) is 5.85. The van der Waals surface area contributed by atoms with Gasteiger partial charge >= 0.3 is 6.03 Å². The lowest BCUT2D eigenvalue weighted by molar-refractivity contribution is 0.0742. The molecular formula is C22H26N4O2S. The molecule has 29 heavy (non-hydrogen) atoms. The molecule has 3 rings (SSSR count). The van der Waals surface area contributed by atoms with E-state index in [0.717, 1.165) is 20.8 Å². The van der Waals surface area contributed by atoms with Gasteiger partial charge in [0.05, 0.1) is 16.3 Å². The van der Waals surface area contributed by atoms with Crippen LogP contribution in [0.5, 0.6) is 0 Å². The molecule has 0 aliphatic carbocycles. The van der Waals surface area contributed by atoms with Crippen LogP contribution < -0.4 is 10.6 Å². The summed E-state index contributed by atoms with van der Waals surface area (Å²) in [5.41, 5.74) is 2.50. The summed E-state index contributed by atoms with van der Waals surface area (Å²) >= 11 is 1.61. The first-order valence-corrected chi connectivity index (χ1v) is 10.4. The summed E-state index contributed by atoms with van der Waals surface area (Å²) in [7, 11) is 1.80. The summed E-state index contributed by atoms with van der Waals surface area (Å²) in [4.78, 5) is 30.9. The largest absolute Gasteiger partial charge is 0.336 e. The number of hydrogen-bond acceptors (Lipinski definition) is 4. The third-order valence-electron chi connectivity index (χ3n) is 4.64. The highest BCUT2D eigenvalue weighted by Gasteiger charge is 2.21. The SMILES string of the molecule is CC(C)NC(=O)NCc1ccc(C(=O)N(C)[C@H](C)c2nc3ccccc3s2)cc1. The molecule has 1 aromatic heterocycles. The van der Waals surface area contributed by atoms with Crippen LogP contribution in [0.1, 0.15) is 47.7 Å². The minimum atomic E-state index is -0.204. The molecule has 0 radical (unpaired) electrons. The number of aromatic nitrogens is 1. The number of thiazole rings is 1. The maximum absolute atomic E-state index is 12.9. The van der Waals surface area contributed by atoms with Crippen molar-refractivity contribution < 1.29 is 9.59 Å². The van der Waals surface area contributed by atoms with Crippen molar-refractivity contribution in [3.63, 3.8) is 0 Å². The predicted octanol–water partition coefficient (Wildman–Crippen LogP) is 4.34. The Labute approximate surface area is 174 Å². The molecule has 0 spiro atoms. The first kappa shape index (κ1) is 20.8. The van der Waals surface area contributed by atoms with E-state index in [9.17, 15) is 9.59 Å². The third kappa shape index (κ3) is 5.12.